The van der Waals surface area contributed by atoms with Gasteiger partial charge in [-0.3, -0.25) is 14.6 Å². The Labute approximate surface area is 215 Å². The number of hydrogen-bond acceptors (Lipinski definition) is 6. The molecule has 1 atom stereocenters. The van der Waals surface area contributed by atoms with Crippen LogP contribution in [-0.2, 0) is 10.4 Å². The highest BCUT2D eigenvalue weighted by atomic mass is 35.5. The number of hydrogen-bond donors (Lipinski definition) is 2. The van der Waals surface area contributed by atoms with Gasteiger partial charge in [0.05, 0.1) is 27.5 Å². The van der Waals surface area contributed by atoms with Crippen molar-refractivity contribution in [3.63, 3.8) is 0 Å². The lowest BCUT2D eigenvalue weighted by Crippen LogP contribution is -2.44. The molecule has 0 saturated heterocycles. The molecule has 0 bridgehead atoms. The number of benzene rings is 1. The number of aliphatic hydroxyl groups is 1. The van der Waals surface area contributed by atoms with Crippen molar-refractivity contribution in [3.8, 4) is 0 Å². The SMILES string of the molecule is O=C(N[C@H]1CC[C@H](CN2C(=O)C(O)(c3cscn3)c3ccccc32)CC1)c1cc(Cl)cnc1C(F)F. The molecule has 2 aromatic heterocycles. The van der Waals surface area contributed by atoms with E-state index in [0.717, 1.165) is 19.0 Å². The van der Waals surface area contributed by atoms with E-state index in [0.29, 0.717) is 36.3 Å². The molecule has 1 aliphatic carbocycles. The van der Waals surface area contributed by atoms with Gasteiger partial charge in [-0.05, 0) is 43.7 Å². The van der Waals surface area contributed by atoms with Crippen LogP contribution in [0.1, 0.15) is 59.4 Å². The van der Waals surface area contributed by atoms with E-state index in [1.54, 1.807) is 27.9 Å². The highest BCUT2D eigenvalue weighted by Gasteiger charge is 2.52. The summed E-state index contributed by atoms with van der Waals surface area (Å²) in [5, 5.41) is 16.1. The first kappa shape index (κ1) is 24.7. The van der Waals surface area contributed by atoms with Crippen LogP contribution in [0.2, 0.25) is 5.02 Å². The molecule has 2 N–H and O–H groups in total. The number of carbonyl (C=O) groups excluding carboxylic acids is 2. The van der Waals surface area contributed by atoms with Gasteiger partial charge in [0.15, 0.2) is 0 Å². The monoisotopic (exact) mass is 532 g/mol. The van der Waals surface area contributed by atoms with Crippen molar-refractivity contribution in [3.05, 3.63) is 75.0 Å². The van der Waals surface area contributed by atoms with Crippen molar-refractivity contribution >= 4 is 40.4 Å². The van der Waals surface area contributed by atoms with Gasteiger partial charge in [-0.15, -0.1) is 11.3 Å². The first-order chi connectivity index (χ1) is 17.3. The normalized spacial score (nSPS) is 23.7. The van der Waals surface area contributed by atoms with Crippen molar-refractivity contribution in [1.29, 1.82) is 0 Å². The number of nitrogens with zero attached hydrogens (tertiary/aromatic N) is 3. The maximum atomic E-state index is 13.4. The minimum Gasteiger partial charge on any atom is -0.370 e. The summed E-state index contributed by atoms with van der Waals surface area (Å²) in [7, 11) is 0. The van der Waals surface area contributed by atoms with Crippen molar-refractivity contribution < 1.29 is 23.5 Å². The highest BCUT2D eigenvalue weighted by Crippen LogP contribution is 2.45. The minimum absolute atomic E-state index is 0.112. The second-order valence-corrected chi connectivity index (χ2v) is 10.3. The van der Waals surface area contributed by atoms with Gasteiger partial charge < -0.3 is 15.3 Å². The number of nitrogens with one attached hydrogen (secondary N) is 1. The summed E-state index contributed by atoms with van der Waals surface area (Å²) in [6.45, 7) is 0.427. The molecule has 1 unspecified atom stereocenters. The van der Waals surface area contributed by atoms with Gasteiger partial charge in [-0.25, -0.2) is 13.8 Å². The Morgan fingerprint density at radius 3 is 2.69 bits per heavy atom. The number of rotatable bonds is 6. The Morgan fingerprint density at radius 2 is 2.00 bits per heavy atom. The van der Waals surface area contributed by atoms with Gasteiger partial charge in [0.25, 0.3) is 18.2 Å². The second-order valence-electron chi connectivity index (χ2n) is 9.10. The zero-order chi connectivity index (χ0) is 25.4. The summed E-state index contributed by atoms with van der Waals surface area (Å²) in [6, 6.07) is 8.20. The summed E-state index contributed by atoms with van der Waals surface area (Å²) in [5.41, 5.74) is 0.468. The van der Waals surface area contributed by atoms with E-state index in [9.17, 15) is 23.5 Å². The van der Waals surface area contributed by atoms with Crippen molar-refractivity contribution in [2.24, 2.45) is 5.92 Å². The summed E-state index contributed by atoms with van der Waals surface area (Å²) >= 11 is 7.18. The van der Waals surface area contributed by atoms with Crippen molar-refractivity contribution in [2.75, 3.05) is 11.4 Å². The highest BCUT2D eigenvalue weighted by molar-refractivity contribution is 7.07. The molecule has 3 heterocycles. The number of amides is 2. The molecule has 188 valence electrons. The molecular weight excluding hydrogens is 510 g/mol. The number of alkyl halides is 2. The van der Waals surface area contributed by atoms with Crippen LogP contribution < -0.4 is 10.2 Å². The number of anilines is 1. The molecule has 2 aliphatic rings. The standard InChI is InChI=1S/C25H23ClF2N4O3S/c26-15-9-17(21(22(27)28)29-10-15)23(33)31-16-7-5-14(6-8-16)11-32-19-4-2-1-3-18(19)25(35,24(32)34)20-12-36-13-30-20/h1-4,9-10,12-14,16,22,35H,5-8,11H2,(H,31,33)/t14-,16-,25?. The summed E-state index contributed by atoms with van der Waals surface area (Å²) in [4.78, 5) is 35.6. The van der Waals surface area contributed by atoms with Gasteiger partial charge in [0.1, 0.15) is 5.69 Å². The van der Waals surface area contributed by atoms with Gasteiger partial charge in [0.2, 0.25) is 5.60 Å². The fraction of sp³-hybridized carbons (Fsp3) is 0.360. The van der Waals surface area contributed by atoms with E-state index in [4.69, 9.17) is 11.6 Å². The second kappa shape index (κ2) is 9.84. The Kier molecular flexibility index (Phi) is 6.76. The third-order valence-electron chi connectivity index (χ3n) is 6.90. The Bertz CT molecular complexity index is 1280. The van der Waals surface area contributed by atoms with Crippen LogP contribution in [0.25, 0.3) is 0 Å². The molecule has 1 aliphatic heterocycles. The number of carbonyl (C=O) groups is 2. The number of aromatic nitrogens is 2. The lowest BCUT2D eigenvalue weighted by molar-refractivity contribution is -0.132. The first-order valence-electron chi connectivity index (χ1n) is 11.6. The molecule has 1 aromatic carbocycles. The lowest BCUT2D eigenvalue weighted by atomic mass is 9.85. The first-order valence-corrected chi connectivity index (χ1v) is 12.9. The van der Waals surface area contributed by atoms with Gasteiger partial charge in [-0.1, -0.05) is 29.8 Å². The van der Waals surface area contributed by atoms with E-state index in [-0.39, 0.29) is 22.5 Å². The molecule has 11 heteroatoms. The number of para-hydroxylation sites is 1. The predicted octanol–water partition coefficient (Wildman–Crippen LogP) is 4.70. The fourth-order valence-corrected chi connectivity index (χ4v) is 5.82. The summed E-state index contributed by atoms with van der Waals surface area (Å²) < 4.78 is 26.6. The molecule has 1 saturated carbocycles. The van der Waals surface area contributed by atoms with E-state index in [1.165, 1.54) is 17.4 Å². The summed E-state index contributed by atoms with van der Waals surface area (Å²) in [5.74, 6) is -0.892. The molecule has 36 heavy (non-hydrogen) atoms. The average Bonchev–Trinajstić information content (AvgIpc) is 3.49. The number of thiazole rings is 1. The van der Waals surface area contributed by atoms with Crippen LogP contribution in [0.5, 0.6) is 0 Å². The van der Waals surface area contributed by atoms with Crippen LogP contribution in [0.3, 0.4) is 0 Å². The van der Waals surface area contributed by atoms with E-state index < -0.39 is 29.5 Å². The third kappa shape index (κ3) is 4.38. The average molecular weight is 533 g/mol. The molecule has 1 fully saturated rings. The predicted molar refractivity (Wildman–Crippen MR) is 131 cm³/mol. The van der Waals surface area contributed by atoms with E-state index in [2.05, 4.69) is 15.3 Å². The maximum Gasteiger partial charge on any atom is 0.281 e. The number of pyridine rings is 1. The minimum atomic E-state index is -2.89. The zero-order valence-corrected chi connectivity index (χ0v) is 20.6. The Hall–Kier alpha value is -2.95. The van der Waals surface area contributed by atoms with Gasteiger partial charge in [-0.2, -0.15) is 0 Å². The van der Waals surface area contributed by atoms with Gasteiger partial charge >= 0.3 is 0 Å². The van der Waals surface area contributed by atoms with Crippen LogP contribution in [0, 0.1) is 5.92 Å². The topological polar surface area (TPSA) is 95.4 Å². The van der Waals surface area contributed by atoms with E-state index in [1.807, 2.05) is 12.1 Å². The molecule has 3 aromatic rings. The van der Waals surface area contributed by atoms with Crippen LogP contribution in [0.4, 0.5) is 14.5 Å². The molecule has 0 radical (unpaired) electrons. The molecular formula is C25H23ClF2N4O3S. The van der Waals surface area contributed by atoms with Gasteiger partial charge in [0, 0.05) is 29.7 Å². The number of fused-ring (bicyclic) bond motifs is 1. The number of halogens is 3. The Morgan fingerprint density at radius 1 is 1.25 bits per heavy atom. The maximum absolute atomic E-state index is 13.4. The molecule has 7 nitrogen and oxygen atoms in total. The molecule has 5 rings (SSSR count). The molecule has 2 amide bonds. The van der Waals surface area contributed by atoms with Crippen LogP contribution in [-0.4, -0.2) is 39.5 Å². The third-order valence-corrected chi connectivity index (χ3v) is 7.69. The quantitative estimate of drug-likeness (QED) is 0.480. The van der Waals surface area contributed by atoms with Crippen molar-refractivity contribution in [1.82, 2.24) is 15.3 Å². The molecule has 0 spiro atoms. The summed E-state index contributed by atoms with van der Waals surface area (Å²) in [6.07, 6.45) is 0.923. The lowest BCUT2D eigenvalue weighted by Gasteiger charge is -2.32. The van der Waals surface area contributed by atoms with Crippen LogP contribution >= 0.6 is 22.9 Å². The largest absolute Gasteiger partial charge is 0.370 e. The van der Waals surface area contributed by atoms with E-state index >= 15 is 0 Å². The van der Waals surface area contributed by atoms with Crippen molar-refractivity contribution in [2.45, 2.75) is 43.8 Å². The Balaban J connectivity index is 1.25. The fourth-order valence-electron chi connectivity index (χ4n) is 5.07. The zero-order valence-electron chi connectivity index (χ0n) is 19.0. The smallest absolute Gasteiger partial charge is 0.281 e. The van der Waals surface area contributed by atoms with Crippen LogP contribution in [0.15, 0.2) is 47.4 Å².